The number of rotatable bonds is 3. The first-order valence-corrected chi connectivity index (χ1v) is 8.77. The highest BCUT2D eigenvalue weighted by atomic mass is 35.5. The number of nitrogens with zero attached hydrogens (tertiary/aromatic N) is 1. The van der Waals surface area contributed by atoms with E-state index in [1.165, 1.54) is 19.3 Å². The number of aryl methyl sites for hydroxylation is 2. The summed E-state index contributed by atoms with van der Waals surface area (Å²) in [4.78, 5) is 17.5. The van der Waals surface area contributed by atoms with Crippen molar-refractivity contribution in [3.63, 3.8) is 0 Å². The van der Waals surface area contributed by atoms with E-state index in [0.717, 1.165) is 54.8 Å². The Morgan fingerprint density at radius 2 is 1.74 bits per heavy atom. The predicted octanol–water partition coefficient (Wildman–Crippen LogP) is 4.50. The van der Waals surface area contributed by atoms with Crippen molar-refractivity contribution in [3.05, 3.63) is 23.5 Å². The molecule has 126 valence electrons. The van der Waals surface area contributed by atoms with E-state index in [4.69, 9.17) is 4.74 Å². The van der Waals surface area contributed by atoms with Gasteiger partial charge >= 0.3 is 5.97 Å². The minimum atomic E-state index is -0.190. The first-order chi connectivity index (χ1) is 10.6. The molecule has 0 unspecified atom stereocenters. The molecule has 0 aliphatic heterocycles. The maximum absolute atomic E-state index is 13.0. The molecule has 1 aromatic heterocycles. The van der Waals surface area contributed by atoms with Gasteiger partial charge in [0.2, 0.25) is 0 Å². The van der Waals surface area contributed by atoms with Gasteiger partial charge in [-0.25, -0.2) is 0 Å². The fourth-order valence-electron chi connectivity index (χ4n) is 5.51. The molecule has 3 nitrogen and oxygen atoms in total. The van der Waals surface area contributed by atoms with E-state index in [0.29, 0.717) is 5.75 Å². The van der Waals surface area contributed by atoms with Crippen LogP contribution in [0, 0.1) is 30.1 Å². The molecule has 0 amide bonds. The molecule has 0 spiro atoms. The summed E-state index contributed by atoms with van der Waals surface area (Å²) in [7, 11) is 0. The minimum Gasteiger partial charge on any atom is -0.424 e. The molecule has 23 heavy (non-hydrogen) atoms. The Bertz CT molecular complexity index is 578. The lowest BCUT2D eigenvalue weighted by atomic mass is 9.49. The Morgan fingerprint density at radius 3 is 2.26 bits per heavy atom. The molecule has 4 bridgehead atoms. The van der Waals surface area contributed by atoms with Crippen LogP contribution in [0.2, 0.25) is 0 Å². The number of halogens is 1. The maximum atomic E-state index is 13.0. The van der Waals surface area contributed by atoms with Gasteiger partial charge in [0.15, 0.2) is 5.75 Å². The molecule has 4 saturated carbocycles. The second kappa shape index (κ2) is 6.08. The van der Waals surface area contributed by atoms with Gasteiger partial charge in [-0.2, -0.15) is 0 Å². The minimum absolute atomic E-state index is 0. The lowest BCUT2D eigenvalue weighted by molar-refractivity contribution is -0.161. The van der Waals surface area contributed by atoms with Gasteiger partial charge < -0.3 is 4.74 Å². The van der Waals surface area contributed by atoms with Gasteiger partial charge in [-0.1, -0.05) is 6.92 Å². The van der Waals surface area contributed by atoms with Gasteiger partial charge in [-0.3, -0.25) is 9.78 Å². The molecule has 4 heteroatoms. The van der Waals surface area contributed by atoms with Crippen molar-refractivity contribution in [2.45, 2.75) is 58.8 Å². The van der Waals surface area contributed by atoms with Gasteiger partial charge in [-0.15, -0.1) is 12.4 Å². The molecule has 0 radical (unpaired) electrons. The summed E-state index contributed by atoms with van der Waals surface area (Å²) in [5.74, 6) is 2.99. The Balaban J connectivity index is 0.00000156. The number of ether oxygens (including phenoxy) is 1. The van der Waals surface area contributed by atoms with Crippen molar-refractivity contribution < 1.29 is 9.53 Å². The van der Waals surface area contributed by atoms with Gasteiger partial charge in [0, 0.05) is 5.69 Å². The van der Waals surface area contributed by atoms with E-state index in [1.54, 1.807) is 0 Å². The molecule has 0 atom stereocenters. The largest absolute Gasteiger partial charge is 0.424 e. The molecule has 4 aliphatic rings. The highest BCUT2D eigenvalue weighted by Crippen LogP contribution is 2.60. The molecule has 1 aromatic rings. The zero-order valence-corrected chi connectivity index (χ0v) is 14.8. The Kier molecular flexibility index (Phi) is 4.43. The molecule has 5 rings (SSSR count). The summed E-state index contributed by atoms with van der Waals surface area (Å²) in [5.41, 5.74) is 1.69. The number of hydrogen-bond acceptors (Lipinski definition) is 3. The average molecular weight is 336 g/mol. The number of carbonyl (C=O) groups excluding carboxylic acids is 1. The van der Waals surface area contributed by atoms with Crippen LogP contribution >= 0.6 is 12.4 Å². The zero-order chi connectivity index (χ0) is 15.3. The van der Waals surface area contributed by atoms with Gasteiger partial charge in [-0.05, 0) is 81.8 Å². The van der Waals surface area contributed by atoms with Crippen molar-refractivity contribution in [3.8, 4) is 5.75 Å². The lowest BCUT2D eigenvalue weighted by Gasteiger charge is -2.55. The Labute approximate surface area is 144 Å². The smallest absolute Gasteiger partial charge is 0.317 e. The fourth-order valence-corrected chi connectivity index (χ4v) is 5.51. The van der Waals surface area contributed by atoms with E-state index in [9.17, 15) is 4.79 Å². The quantitative estimate of drug-likeness (QED) is 0.764. The van der Waals surface area contributed by atoms with Crippen molar-refractivity contribution in [1.29, 1.82) is 0 Å². The second-order valence-corrected chi connectivity index (χ2v) is 7.84. The third kappa shape index (κ3) is 2.88. The maximum Gasteiger partial charge on any atom is 0.317 e. The number of carbonyl (C=O) groups is 1. The Hall–Kier alpha value is -1.09. The van der Waals surface area contributed by atoms with E-state index >= 15 is 0 Å². The monoisotopic (exact) mass is 335 g/mol. The number of esters is 1. The van der Waals surface area contributed by atoms with Crippen LogP contribution in [0.4, 0.5) is 0 Å². The summed E-state index contributed by atoms with van der Waals surface area (Å²) in [6.45, 7) is 4.04. The topological polar surface area (TPSA) is 39.2 Å². The summed E-state index contributed by atoms with van der Waals surface area (Å²) in [5, 5.41) is 0. The lowest BCUT2D eigenvalue weighted by Crippen LogP contribution is -2.51. The van der Waals surface area contributed by atoms with Crippen molar-refractivity contribution in [2.75, 3.05) is 0 Å². The molecule has 0 saturated heterocycles. The normalized spacial score (nSPS) is 34.1. The second-order valence-electron chi connectivity index (χ2n) is 7.84. The number of pyridine rings is 1. The van der Waals surface area contributed by atoms with E-state index < -0.39 is 0 Å². The van der Waals surface area contributed by atoms with Crippen LogP contribution in [0.3, 0.4) is 0 Å². The number of hydrogen-bond donors (Lipinski definition) is 0. The molecule has 4 aliphatic carbocycles. The summed E-state index contributed by atoms with van der Waals surface area (Å²) >= 11 is 0. The zero-order valence-electron chi connectivity index (χ0n) is 14.0. The molecule has 1 heterocycles. The van der Waals surface area contributed by atoms with Crippen LogP contribution in [-0.2, 0) is 11.2 Å². The van der Waals surface area contributed by atoms with Crippen LogP contribution < -0.4 is 4.74 Å². The highest BCUT2D eigenvalue weighted by molar-refractivity contribution is 5.85. The van der Waals surface area contributed by atoms with Crippen LogP contribution in [0.15, 0.2) is 12.1 Å². The van der Waals surface area contributed by atoms with Crippen LogP contribution in [0.5, 0.6) is 5.75 Å². The Morgan fingerprint density at radius 1 is 1.17 bits per heavy atom. The first-order valence-electron chi connectivity index (χ1n) is 8.77. The van der Waals surface area contributed by atoms with E-state index in [1.807, 2.05) is 19.1 Å². The third-order valence-corrected chi connectivity index (χ3v) is 6.08. The molecule has 0 N–H and O–H groups in total. The van der Waals surface area contributed by atoms with Crippen molar-refractivity contribution >= 4 is 18.4 Å². The van der Waals surface area contributed by atoms with Crippen molar-refractivity contribution in [1.82, 2.24) is 4.98 Å². The average Bonchev–Trinajstić information content (AvgIpc) is 2.47. The third-order valence-electron chi connectivity index (χ3n) is 6.08. The van der Waals surface area contributed by atoms with Crippen LogP contribution in [0.25, 0.3) is 0 Å². The number of aromatic nitrogens is 1. The van der Waals surface area contributed by atoms with E-state index in [2.05, 4.69) is 11.9 Å². The first kappa shape index (κ1) is 16.8. The predicted molar refractivity (Wildman–Crippen MR) is 91.8 cm³/mol. The van der Waals surface area contributed by atoms with Crippen LogP contribution in [-0.4, -0.2) is 11.0 Å². The SMILES string of the molecule is CCc1nc(C)ccc1OC(=O)C12CC3CC(CC(C3)C1)C2.Cl. The van der Waals surface area contributed by atoms with Crippen LogP contribution in [0.1, 0.15) is 56.8 Å². The standard InChI is InChI=1S/C19H25NO2.ClH/c1-3-16-17(5-4-12(2)20-16)22-18(21)19-9-13-6-14(10-19)8-15(7-13)11-19;/h4-5,13-15H,3,6-11H2,1-2H3;1H. The molecular weight excluding hydrogens is 310 g/mol. The molecule has 0 aromatic carbocycles. The van der Waals surface area contributed by atoms with Gasteiger partial charge in [0.25, 0.3) is 0 Å². The van der Waals surface area contributed by atoms with Gasteiger partial charge in [0.1, 0.15) is 0 Å². The molecular formula is C19H26ClNO2. The van der Waals surface area contributed by atoms with E-state index in [-0.39, 0.29) is 23.8 Å². The highest BCUT2D eigenvalue weighted by Gasteiger charge is 2.55. The summed E-state index contributed by atoms with van der Waals surface area (Å²) < 4.78 is 5.87. The van der Waals surface area contributed by atoms with Gasteiger partial charge in [0.05, 0.1) is 11.1 Å². The summed E-state index contributed by atoms with van der Waals surface area (Å²) in [6.07, 6.45) is 8.00. The summed E-state index contributed by atoms with van der Waals surface area (Å²) in [6, 6.07) is 3.85. The fraction of sp³-hybridized carbons (Fsp3) is 0.684. The molecule has 4 fully saturated rings. The van der Waals surface area contributed by atoms with Crippen molar-refractivity contribution in [2.24, 2.45) is 23.2 Å².